The van der Waals surface area contributed by atoms with Gasteiger partial charge in [0.15, 0.2) is 12.1 Å². The van der Waals surface area contributed by atoms with Gasteiger partial charge in [-0.05, 0) is 13.8 Å². The predicted octanol–water partition coefficient (Wildman–Crippen LogP) is 0.247. The average Bonchev–Trinajstić information content (AvgIpc) is 2.77. The second-order valence-corrected chi connectivity index (χ2v) is 5.41. The Morgan fingerprint density at radius 2 is 2.00 bits per heavy atom. The van der Waals surface area contributed by atoms with Crippen LogP contribution in [0.4, 0.5) is 0 Å². The normalized spacial score (nSPS) is 50.8. The van der Waals surface area contributed by atoms with E-state index in [4.69, 9.17) is 22.6 Å². The van der Waals surface area contributed by atoms with Crippen LogP contribution in [-0.4, -0.2) is 41.2 Å². The van der Waals surface area contributed by atoms with E-state index in [0.29, 0.717) is 13.0 Å². The quantitative estimate of drug-likeness (QED) is 0.664. The zero-order chi connectivity index (χ0) is 11.3. The lowest BCUT2D eigenvalue weighted by atomic mass is 10.1. The Morgan fingerprint density at radius 1 is 1.19 bits per heavy atom. The molecular formula is C9H14O6S. The molecular weight excluding hydrogens is 236 g/mol. The Morgan fingerprint density at radius 3 is 2.62 bits per heavy atom. The fraction of sp³-hybridized carbons (Fsp3) is 1.00. The first-order valence-electron chi connectivity index (χ1n) is 5.27. The van der Waals surface area contributed by atoms with Crippen molar-refractivity contribution < 1.29 is 26.8 Å². The van der Waals surface area contributed by atoms with Crippen molar-refractivity contribution >= 4 is 11.4 Å². The molecule has 0 amide bonds. The van der Waals surface area contributed by atoms with Crippen LogP contribution >= 0.6 is 0 Å². The van der Waals surface area contributed by atoms with Crippen LogP contribution in [-0.2, 0) is 33.9 Å². The summed E-state index contributed by atoms with van der Waals surface area (Å²) in [4.78, 5) is 0. The second kappa shape index (κ2) is 3.72. The number of hydrogen-bond acceptors (Lipinski definition) is 6. The van der Waals surface area contributed by atoms with Crippen LogP contribution in [0.15, 0.2) is 0 Å². The van der Waals surface area contributed by atoms with E-state index in [9.17, 15) is 4.21 Å². The summed E-state index contributed by atoms with van der Waals surface area (Å²) >= 11 is -1.63. The number of fused-ring (bicyclic) bond motifs is 1. The molecule has 3 fully saturated rings. The highest BCUT2D eigenvalue weighted by Gasteiger charge is 2.51. The standard InChI is InChI=1S/C9H14O6S/c1-9(2)13-6-3-5(12-8(6)14-9)7-4-11-16(10)15-7/h5-8H,3-4H2,1-2H3/t5-,6+,7+,8+,16?/m0/s1. The van der Waals surface area contributed by atoms with Crippen molar-refractivity contribution in [3.05, 3.63) is 0 Å². The van der Waals surface area contributed by atoms with Crippen molar-refractivity contribution in [1.29, 1.82) is 0 Å². The van der Waals surface area contributed by atoms with Crippen molar-refractivity contribution in [1.82, 2.24) is 0 Å². The average molecular weight is 250 g/mol. The molecule has 1 unspecified atom stereocenters. The van der Waals surface area contributed by atoms with Crippen molar-refractivity contribution in [2.75, 3.05) is 6.61 Å². The van der Waals surface area contributed by atoms with Gasteiger partial charge < -0.3 is 14.2 Å². The van der Waals surface area contributed by atoms with Crippen molar-refractivity contribution in [3.8, 4) is 0 Å². The van der Waals surface area contributed by atoms with E-state index in [0.717, 1.165) is 0 Å². The maximum absolute atomic E-state index is 10.9. The third-order valence-electron chi connectivity index (χ3n) is 2.86. The largest absolute Gasteiger partial charge is 0.344 e. The molecule has 0 aliphatic carbocycles. The Hall–Kier alpha value is -0.0500. The van der Waals surface area contributed by atoms with Gasteiger partial charge in [0.25, 0.3) is 0 Å². The van der Waals surface area contributed by atoms with Gasteiger partial charge in [0, 0.05) is 6.42 Å². The smallest absolute Gasteiger partial charge is 0.305 e. The fourth-order valence-corrected chi connectivity index (χ4v) is 2.90. The third kappa shape index (κ3) is 1.92. The molecule has 3 aliphatic heterocycles. The van der Waals surface area contributed by atoms with E-state index in [1.165, 1.54) is 0 Å². The van der Waals surface area contributed by atoms with Gasteiger partial charge in [0.05, 0.1) is 12.7 Å². The highest BCUT2D eigenvalue weighted by molar-refractivity contribution is 7.75. The summed E-state index contributed by atoms with van der Waals surface area (Å²) in [6.45, 7) is 4.00. The number of hydrogen-bond donors (Lipinski definition) is 0. The first-order valence-corrected chi connectivity index (χ1v) is 6.27. The molecule has 3 aliphatic rings. The summed E-state index contributed by atoms with van der Waals surface area (Å²) in [6, 6.07) is 0. The SMILES string of the molecule is CC1(C)O[C@H]2O[C@H]([C@H]3COS(=O)O3)C[C@H]2O1. The van der Waals surface area contributed by atoms with E-state index in [2.05, 4.69) is 0 Å². The topological polar surface area (TPSA) is 63.2 Å². The molecule has 0 aromatic rings. The molecule has 92 valence electrons. The molecule has 0 radical (unpaired) electrons. The van der Waals surface area contributed by atoms with Crippen LogP contribution in [0.1, 0.15) is 20.3 Å². The lowest BCUT2D eigenvalue weighted by Gasteiger charge is -2.21. The van der Waals surface area contributed by atoms with E-state index in [1.54, 1.807) is 0 Å². The number of ether oxygens (including phenoxy) is 3. The maximum atomic E-state index is 10.9. The lowest BCUT2D eigenvalue weighted by molar-refractivity contribution is -0.211. The first kappa shape index (κ1) is 11.1. The first-order chi connectivity index (χ1) is 7.53. The lowest BCUT2D eigenvalue weighted by Crippen LogP contribution is -2.31. The molecule has 0 spiro atoms. The Balaban J connectivity index is 1.62. The van der Waals surface area contributed by atoms with E-state index in [1.807, 2.05) is 13.8 Å². The van der Waals surface area contributed by atoms with Gasteiger partial charge in [-0.1, -0.05) is 0 Å². The molecule has 0 saturated carbocycles. The minimum atomic E-state index is -1.63. The molecule has 16 heavy (non-hydrogen) atoms. The fourth-order valence-electron chi connectivity index (χ4n) is 2.22. The predicted molar refractivity (Wildman–Crippen MR) is 52.3 cm³/mol. The van der Waals surface area contributed by atoms with Crippen LogP contribution in [0.2, 0.25) is 0 Å². The minimum absolute atomic E-state index is 0.0716. The molecule has 7 heteroatoms. The second-order valence-electron chi connectivity index (χ2n) is 4.58. The van der Waals surface area contributed by atoms with Gasteiger partial charge in [-0.25, -0.2) is 0 Å². The van der Waals surface area contributed by atoms with E-state index < -0.39 is 17.1 Å². The van der Waals surface area contributed by atoms with Crippen molar-refractivity contribution in [2.24, 2.45) is 0 Å². The highest BCUT2D eigenvalue weighted by atomic mass is 32.2. The van der Waals surface area contributed by atoms with Crippen molar-refractivity contribution in [2.45, 2.75) is 50.7 Å². The van der Waals surface area contributed by atoms with Gasteiger partial charge in [-0.15, -0.1) is 0 Å². The van der Waals surface area contributed by atoms with Gasteiger partial charge in [-0.3, -0.25) is 8.37 Å². The summed E-state index contributed by atoms with van der Waals surface area (Å²) in [6.07, 6.45) is -0.200. The van der Waals surface area contributed by atoms with Crippen LogP contribution in [0.25, 0.3) is 0 Å². The molecule has 5 atom stereocenters. The molecule has 3 rings (SSSR count). The van der Waals surface area contributed by atoms with Crippen LogP contribution in [0.5, 0.6) is 0 Å². The summed E-state index contributed by atoms with van der Waals surface area (Å²) in [5.41, 5.74) is 0. The van der Waals surface area contributed by atoms with E-state index >= 15 is 0 Å². The Labute approximate surface area is 96.0 Å². The molecule has 6 nitrogen and oxygen atoms in total. The summed E-state index contributed by atoms with van der Waals surface area (Å²) in [5, 5.41) is 0. The molecule has 0 N–H and O–H groups in total. The zero-order valence-corrected chi connectivity index (χ0v) is 9.90. The molecule has 0 aromatic heterocycles. The summed E-state index contributed by atoms with van der Waals surface area (Å²) in [7, 11) is 0. The molecule has 3 saturated heterocycles. The van der Waals surface area contributed by atoms with E-state index in [-0.39, 0.29) is 24.6 Å². The van der Waals surface area contributed by atoms with Gasteiger partial charge in [0.2, 0.25) is 0 Å². The summed E-state index contributed by atoms with van der Waals surface area (Å²) < 4.78 is 37.7. The van der Waals surface area contributed by atoms with Crippen LogP contribution in [0.3, 0.4) is 0 Å². The van der Waals surface area contributed by atoms with Crippen LogP contribution < -0.4 is 0 Å². The maximum Gasteiger partial charge on any atom is 0.305 e. The Bertz CT molecular complexity index is 303. The number of rotatable bonds is 1. The zero-order valence-electron chi connectivity index (χ0n) is 9.08. The van der Waals surface area contributed by atoms with Gasteiger partial charge in [0.1, 0.15) is 12.2 Å². The molecule has 0 aromatic carbocycles. The van der Waals surface area contributed by atoms with Gasteiger partial charge in [-0.2, -0.15) is 4.21 Å². The summed E-state index contributed by atoms with van der Waals surface area (Å²) in [5.74, 6) is -0.587. The molecule has 3 heterocycles. The Kier molecular flexibility index (Phi) is 2.58. The highest BCUT2D eigenvalue weighted by Crippen LogP contribution is 2.39. The minimum Gasteiger partial charge on any atom is -0.344 e. The van der Waals surface area contributed by atoms with Crippen LogP contribution in [0, 0.1) is 0 Å². The monoisotopic (exact) mass is 250 g/mol. The molecule has 0 bridgehead atoms. The van der Waals surface area contributed by atoms with Crippen molar-refractivity contribution in [3.63, 3.8) is 0 Å². The van der Waals surface area contributed by atoms with Gasteiger partial charge >= 0.3 is 11.4 Å². The third-order valence-corrected chi connectivity index (χ3v) is 3.59.